The molecule has 1 aliphatic heterocycles. The average molecular weight is 374 g/mol. The van der Waals surface area contributed by atoms with Crippen LogP contribution in [0.2, 0.25) is 0 Å². The van der Waals surface area contributed by atoms with Gasteiger partial charge in [-0.15, -0.1) is 0 Å². The Morgan fingerprint density at radius 3 is 2.44 bits per heavy atom. The van der Waals surface area contributed by atoms with Crippen molar-refractivity contribution >= 4 is 37.5 Å². The lowest BCUT2D eigenvalue weighted by molar-refractivity contribution is 0.248. The molecule has 0 unspecified atom stereocenters. The van der Waals surface area contributed by atoms with E-state index < -0.39 is 0 Å². The lowest BCUT2D eigenvalue weighted by Gasteiger charge is -2.37. The fraction of sp³-hybridized carbons (Fsp3) is 0.571. The second-order valence-electron chi connectivity index (χ2n) is 5.16. The first-order chi connectivity index (χ1) is 8.78. The Morgan fingerprint density at radius 2 is 1.83 bits per heavy atom. The molecular formula is C14H18Br2N2. The van der Waals surface area contributed by atoms with Gasteiger partial charge in [0.1, 0.15) is 0 Å². The molecular weight excluding hydrogens is 356 g/mol. The van der Waals surface area contributed by atoms with Crippen molar-refractivity contribution in [3.05, 3.63) is 28.2 Å². The Bertz CT molecular complexity index is 424. The zero-order valence-corrected chi connectivity index (χ0v) is 13.6. The van der Waals surface area contributed by atoms with E-state index in [9.17, 15) is 0 Å². The number of benzene rings is 1. The third-order valence-corrected chi connectivity index (χ3v) is 5.01. The summed E-state index contributed by atoms with van der Waals surface area (Å²) in [6.07, 6.45) is 2.84. The minimum Gasteiger partial charge on any atom is -0.369 e. The molecule has 1 aromatic carbocycles. The number of halogens is 2. The molecule has 18 heavy (non-hydrogen) atoms. The van der Waals surface area contributed by atoms with E-state index in [0.717, 1.165) is 24.5 Å². The molecule has 1 saturated carbocycles. The fourth-order valence-electron chi connectivity index (χ4n) is 2.71. The lowest BCUT2D eigenvalue weighted by Crippen LogP contribution is -2.47. The highest BCUT2D eigenvalue weighted by atomic mass is 79.9. The number of anilines is 1. The highest BCUT2D eigenvalue weighted by Gasteiger charge is 2.31. The van der Waals surface area contributed by atoms with Crippen LogP contribution >= 0.6 is 31.9 Å². The Kier molecular flexibility index (Phi) is 3.97. The molecule has 98 valence electrons. The highest BCUT2D eigenvalue weighted by Crippen LogP contribution is 2.31. The second-order valence-corrected chi connectivity index (χ2v) is 6.64. The number of hydrogen-bond donors (Lipinski definition) is 0. The monoisotopic (exact) mass is 372 g/mol. The van der Waals surface area contributed by atoms with Crippen LogP contribution in [0, 0.1) is 0 Å². The molecule has 0 radical (unpaired) electrons. The van der Waals surface area contributed by atoms with Crippen molar-refractivity contribution in [2.45, 2.75) is 24.2 Å². The summed E-state index contributed by atoms with van der Waals surface area (Å²) in [5.41, 5.74) is 2.77. The number of piperazine rings is 1. The summed E-state index contributed by atoms with van der Waals surface area (Å²) < 4.78 is 1.17. The molecule has 3 rings (SSSR count). The molecule has 2 nitrogen and oxygen atoms in total. The third kappa shape index (κ3) is 2.75. The summed E-state index contributed by atoms with van der Waals surface area (Å²) in [6.45, 7) is 4.76. The van der Waals surface area contributed by atoms with Gasteiger partial charge in [0, 0.05) is 47.7 Å². The number of hydrogen-bond acceptors (Lipinski definition) is 2. The second kappa shape index (κ2) is 5.51. The Hall–Kier alpha value is -0.0600. The van der Waals surface area contributed by atoms with E-state index in [1.165, 1.54) is 41.7 Å². The standard InChI is InChI=1S/C14H18Br2N2/c15-10-11-1-2-12(16)9-14(11)18-7-5-17(6-8-18)13-3-4-13/h1-2,9,13H,3-8,10H2. The molecule has 0 amide bonds. The van der Waals surface area contributed by atoms with Crippen molar-refractivity contribution < 1.29 is 0 Å². The van der Waals surface area contributed by atoms with Crippen molar-refractivity contribution in [1.29, 1.82) is 0 Å². The van der Waals surface area contributed by atoms with Crippen molar-refractivity contribution in [1.82, 2.24) is 4.90 Å². The van der Waals surface area contributed by atoms with Crippen LogP contribution in [0.15, 0.2) is 22.7 Å². The molecule has 4 heteroatoms. The number of rotatable bonds is 3. The first-order valence-corrected chi connectivity index (χ1v) is 8.53. The minimum absolute atomic E-state index is 0.908. The van der Waals surface area contributed by atoms with Gasteiger partial charge < -0.3 is 4.90 Å². The van der Waals surface area contributed by atoms with Crippen LogP contribution < -0.4 is 4.90 Å². The van der Waals surface area contributed by atoms with Gasteiger partial charge in [0.05, 0.1) is 0 Å². The number of nitrogens with zero attached hydrogens (tertiary/aromatic N) is 2. The van der Waals surface area contributed by atoms with E-state index in [1.54, 1.807) is 0 Å². The van der Waals surface area contributed by atoms with Gasteiger partial charge in [0.15, 0.2) is 0 Å². The van der Waals surface area contributed by atoms with Crippen LogP contribution in [-0.4, -0.2) is 37.1 Å². The van der Waals surface area contributed by atoms with Crippen LogP contribution in [0.1, 0.15) is 18.4 Å². The summed E-state index contributed by atoms with van der Waals surface area (Å²) in [5, 5.41) is 0.929. The molecule has 0 bridgehead atoms. The zero-order valence-electron chi connectivity index (χ0n) is 10.4. The zero-order chi connectivity index (χ0) is 12.5. The van der Waals surface area contributed by atoms with E-state index in [0.29, 0.717) is 0 Å². The summed E-state index contributed by atoms with van der Waals surface area (Å²) in [7, 11) is 0. The molecule has 1 aromatic rings. The molecule has 0 aromatic heterocycles. The molecule has 1 saturated heterocycles. The maximum Gasteiger partial charge on any atom is 0.0419 e. The average Bonchev–Trinajstić information content (AvgIpc) is 3.23. The third-order valence-electron chi connectivity index (χ3n) is 3.91. The summed E-state index contributed by atoms with van der Waals surface area (Å²) in [6, 6.07) is 7.50. The Morgan fingerprint density at radius 1 is 1.11 bits per heavy atom. The van der Waals surface area contributed by atoms with Crippen molar-refractivity contribution in [2.75, 3.05) is 31.1 Å². The van der Waals surface area contributed by atoms with Gasteiger partial charge in [-0.3, -0.25) is 4.90 Å². The van der Waals surface area contributed by atoms with Crippen LogP contribution in [0.3, 0.4) is 0 Å². The van der Waals surface area contributed by atoms with Crippen LogP contribution in [0.25, 0.3) is 0 Å². The SMILES string of the molecule is BrCc1ccc(Br)cc1N1CCN(C2CC2)CC1. The van der Waals surface area contributed by atoms with Crippen LogP contribution in [0.4, 0.5) is 5.69 Å². The molecule has 2 aliphatic rings. The number of alkyl halides is 1. The van der Waals surface area contributed by atoms with E-state index in [4.69, 9.17) is 0 Å². The lowest BCUT2D eigenvalue weighted by atomic mass is 10.1. The minimum atomic E-state index is 0.908. The first-order valence-electron chi connectivity index (χ1n) is 6.61. The topological polar surface area (TPSA) is 6.48 Å². The van der Waals surface area contributed by atoms with Gasteiger partial charge in [-0.1, -0.05) is 37.9 Å². The highest BCUT2D eigenvalue weighted by molar-refractivity contribution is 9.10. The van der Waals surface area contributed by atoms with E-state index >= 15 is 0 Å². The predicted molar refractivity (Wildman–Crippen MR) is 83.6 cm³/mol. The summed E-state index contributed by atoms with van der Waals surface area (Å²) >= 11 is 7.18. The quantitative estimate of drug-likeness (QED) is 0.746. The van der Waals surface area contributed by atoms with Gasteiger partial charge in [0.25, 0.3) is 0 Å². The molecule has 2 fully saturated rings. The van der Waals surface area contributed by atoms with E-state index in [-0.39, 0.29) is 0 Å². The van der Waals surface area contributed by atoms with Crippen LogP contribution in [-0.2, 0) is 5.33 Å². The van der Waals surface area contributed by atoms with E-state index in [1.807, 2.05) is 0 Å². The predicted octanol–water partition coefficient (Wildman–Crippen LogP) is 3.63. The summed E-state index contributed by atoms with van der Waals surface area (Å²) in [5.74, 6) is 0. The normalized spacial score (nSPS) is 21.3. The van der Waals surface area contributed by atoms with Crippen molar-refractivity contribution in [3.63, 3.8) is 0 Å². The Balaban J connectivity index is 1.72. The van der Waals surface area contributed by atoms with Gasteiger partial charge in [-0.2, -0.15) is 0 Å². The smallest absolute Gasteiger partial charge is 0.0419 e. The maximum atomic E-state index is 3.59. The van der Waals surface area contributed by atoms with Gasteiger partial charge in [-0.25, -0.2) is 0 Å². The van der Waals surface area contributed by atoms with Gasteiger partial charge >= 0.3 is 0 Å². The van der Waals surface area contributed by atoms with E-state index in [2.05, 4.69) is 59.9 Å². The summed E-state index contributed by atoms with van der Waals surface area (Å²) in [4.78, 5) is 5.18. The molecule has 0 N–H and O–H groups in total. The van der Waals surface area contributed by atoms with Crippen LogP contribution in [0.5, 0.6) is 0 Å². The largest absolute Gasteiger partial charge is 0.369 e. The van der Waals surface area contributed by atoms with Gasteiger partial charge in [-0.05, 0) is 30.5 Å². The van der Waals surface area contributed by atoms with Crippen molar-refractivity contribution in [3.8, 4) is 0 Å². The maximum absolute atomic E-state index is 3.59. The molecule has 1 heterocycles. The van der Waals surface area contributed by atoms with Gasteiger partial charge in [0.2, 0.25) is 0 Å². The Labute approximate surface area is 126 Å². The molecule has 0 spiro atoms. The first kappa shape index (κ1) is 12.9. The molecule has 0 atom stereocenters. The molecule has 1 aliphatic carbocycles. The van der Waals surface area contributed by atoms with Crippen molar-refractivity contribution in [2.24, 2.45) is 0 Å². The fourth-order valence-corrected chi connectivity index (χ4v) is 3.54.